The lowest BCUT2D eigenvalue weighted by atomic mass is 9.99. The molecule has 1 fully saturated rings. The van der Waals surface area contributed by atoms with Gasteiger partial charge in [0.15, 0.2) is 4.80 Å². The van der Waals surface area contributed by atoms with E-state index in [1.165, 1.54) is 22.8 Å². The van der Waals surface area contributed by atoms with Crippen molar-refractivity contribution in [2.24, 2.45) is 10.9 Å². The van der Waals surface area contributed by atoms with Crippen LogP contribution in [0.25, 0.3) is 10.2 Å². The molecule has 1 saturated heterocycles. The van der Waals surface area contributed by atoms with Gasteiger partial charge in [-0.1, -0.05) is 35.6 Å². The van der Waals surface area contributed by atoms with Crippen molar-refractivity contribution in [2.75, 3.05) is 20.2 Å². The standard InChI is InChI=1S/C23H25N3O5S2/c1-16-10-11-19-20(13-16)32-23(26(19)15-21(27)31-2)24-22(28)17-7-6-12-25(14-17)33(29,30)18-8-4-3-5-9-18/h3-5,8-11,13,17H,6-7,12,14-15H2,1-2H3. The van der Waals surface area contributed by atoms with Crippen molar-refractivity contribution in [2.45, 2.75) is 31.2 Å². The predicted molar refractivity (Wildman–Crippen MR) is 125 cm³/mol. The van der Waals surface area contributed by atoms with Gasteiger partial charge in [-0.2, -0.15) is 9.30 Å². The topological polar surface area (TPSA) is 98.0 Å². The Labute approximate surface area is 196 Å². The van der Waals surface area contributed by atoms with Gasteiger partial charge in [-0.3, -0.25) is 9.59 Å². The Morgan fingerprint density at radius 1 is 1.18 bits per heavy atom. The quantitative estimate of drug-likeness (QED) is 0.516. The first-order valence-electron chi connectivity index (χ1n) is 10.6. The van der Waals surface area contributed by atoms with E-state index in [9.17, 15) is 18.0 Å². The number of esters is 1. The Morgan fingerprint density at radius 2 is 1.94 bits per heavy atom. The molecule has 1 amide bonds. The third kappa shape index (κ3) is 4.92. The maximum Gasteiger partial charge on any atom is 0.325 e. The van der Waals surface area contributed by atoms with Crippen LogP contribution in [0.1, 0.15) is 18.4 Å². The van der Waals surface area contributed by atoms with Gasteiger partial charge in [-0.15, -0.1) is 0 Å². The molecule has 0 N–H and O–H groups in total. The molecular formula is C23H25N3O5S2. The number of carbonyl (C=O) groups excluding carboxylic acids is 2. The number of nitrogens with zero attached hydrogens (tertiary/aromatic N) is 3. The molecule has 1 aliphatic heterocycles. The summed E-state index contributed by atoms with van der Waals surface area (Å²) in [5, 5.41) is 0. The zero-order valence-electron chi connectivity index (χ0n) is 18.4. The fourth-order valence-corrected chi connectivity index (χ4v) is 6.58. The molecule has 10 heteroatoms. The third-order valence-corrected chi connectivity index (χ3v) is 8.59. The molecular weight excluding hydrogens is 462 g/mol. The van der Waals surface area contributed by atoms with Gasteiger partial charge in [-0.05, 0) is 49.6 Å². The van der Waals surface area contributed by atoms with Crippen LogP contribution in [0.2, 0.25) is 0 Å². The highest BCUT2D eigenvalue weighted by atomic mass is 32.2. The Morgan fingerprint density at radius 3 is 2.67 bits per heavy atom. The SMILES string of the molecule is COC(=O)Cn1c(=NC(=O)C2CCCN(S(=O)(=O)c3ccccc3)C2)sc2cc(C)ccc21. The Bertz CT molecular complexity index is 1360. The molecule has 1 aromatic heterocycles. The van der Waals surface area contributed by atoms with E-state index < -0.39 is 21.9 Å². The lowest BCUT2D eigenvalue weighted by Gasteiger charge is -2.30. The van der Waals surface area contributed by atoms with Crippen molar-refractivity contribution < 1.29 is 22.7 Å². The van der Waals surface area contributed by atoms with Gasteiger partial charge in [0.25, 0.3) is 5.91 Å². The highest BCUT2D eigenvalue weighted by Crippen LogP contribution is 2.25. The number of sulfonamides is 1. The van der Waals surface area contributed by atoms with Gasteiger partial charge in [0.05, 0.1) is 28.1 Å². The fourth-order valence-electron chi connectivity index (χ4n) is 3.90. The summed E-state index contributed by atoms with van der Waals surface area (Å²) in [4.78, 5) is 30.0. The third-order valence-electron chi connectivity index (χ3n) is 5.67. The van der Waals surface area contributed by atoms with E-state index in [0.29, 0.717) is 24.2 Å². The van der Waals surface area contributed by atoms with Gasteiger partial charge in [-0.25, -0.2) is 8.42 Å². The first-order valence-corrected chi connectivity index (χ1v) is 12.9. The number of rotatable bonds is 5. The molecule has 0 spiro atoms. The molecule has 1 atom stereocenters. The second-order valence-electron chi connectivity index (χ2n) is 7.98. The number of amides is 1. The average molecular weight is 488 g/mol. The minimum absolute atomic E-state index is 0.0646. The largest absolute Gasteiger partial charge is 0.468 e. The molecule has 1 unspecified atom stereocenters. The van der Waals surface area contributed by atoms with Crippen LogP contribution in [0.5, 0.6) is 0 Å². The summed E-state index contributed by atoms with van der Waals surface area (Å²) in [5.41, 5.74) is 1.85. The highest BCUT2D eigenvalue weighted by molar-refractivity contribution is 7.89. The summed E-state index contributed by atoms with van der Waals surface area (Å²) >= 11 is 1.32. The van der Waals surface area contributed by atoms with Crippen LogP contribution >= 0.6 is 11.3 Å². The predicted octanol–water partition coefficient (Wildman–Crippen LogP) is 2.71. The molecule has 0 aliphatic carbocycles. The number of benzene rings is 2. The van der Waals surface area contributed by atoms with Crippen molar-refractivity contribution in [3.63, 3.8) is 0 Å². The van der Waals surface area contributed by atoms with E-state index in [2.05, 4.69) is 4.99 Å². The Kier molecular flexibility index (Phi) is 6.78. The molecule has 174 valence electrons. The molecule has 2 heterocycles. The van der Waals surface area contributed by atoms with E-state index in [0.717, 1.165) is 15.8 Å². The maximum absolute atomic E-state index is 13.1. The normalized spacial score (nSPS) is 17.9. The van der Waals surface area contributed by atoms with E-state index >= 15 is 0 Å². The van der Waals surface area contributed by atoms with Crippen molar-refractivity contribution in [3.05, 3.63) is 58.9 Å². The van der Waals surface area contributed by atoms with Gasteiger partial charge in [0.1, 0.15) is 6.54 Å². The number of piperidine rings is 1. The van der Waals surface area contributed by atoms with E-state index in [4.69, 9.17) is 4.74 Å². The monoisotopic (exact) mass is 487 g/mol. The van der Waals surface area contributed by atoms with Crippen molar-refractivity contribution in [1.82, 2.24) is 8.87 Å². The van der Waals surface area contributed by atoms with Crippen LogP contribution in [-0.4, -0.2) is 49.4 Å². The number of ether oxygens (including phenoxy) is 1. The summed E-state index contributed by atoms with van der Waals surface area (Å²) in [6, 6.07) is 14.0. The number of methoxy groups -OCH3 is 1. The van der Waals surface area contributed by atoms with Crippen LogP contribution in [0.3, 0.4) is 0 Å². The van der Waals surface area contributed by atoms with Gasteiger partial charge < -0.3 is 9.30 Å². The molecule has 0 bridgehead atoms. The zero-order chi connectivity index (χ0) is 23.6. The molecule has 4 rings (SSSR count). The molecule has 8 nitrogen and oxygen atoms in total. The zero-order valence-corrected chi connectivity index (χ0v) is 20.1. The van der Waals surface area contributed by atoms with Crippen LogP contribution in [0.15, 0.2) is 58.4 Å². The number of carbonyl (C=O) groups is 2. The average Bonchev–Trinajstić information content (AvgIpc) is 3.15. The molecule has 0 saturated carbocycles. The number of aromatic nitrogens is 1. The van der Waals surface area contributed by atoms with Crippen LogP contribution in [0, 0.1) is 12.8 Å². The van der Waals surface area contributed by atoms with Crippen LogP contribution < -0.4 is 4.80 Å². The lowest BCUT2D eigenvalue weighted by Crippen LogP contribution is -2.42. The first kappa shape index (κ1) is 23.3. The molecule has 1 aliphatic rings. The summed E-state index contributed by atoms with van der Waals surface area (Å²) < 4.78 is 34.8. The van der Waals surface area contributed by atoms with Crippen LogP contribution in [-0.2, 0) is 30.9 Å². The second kappa shape index (κ2) is 9.58. The fraction of sp³-hybridized carbons (Fsp3) is 0.348. The smallest absolute Gasteiger partial charge is 0.325 e. The molecule has 33 heavy (non-hydrogen) atoms. The van der Waals surface area contributed by atoms with Gasteiger partial charge >= 0.3 is 5.97 Å². The number of hydrogen-bond acceptors (Lipinski definition) is 6. The van der Waals surface area contributed by atoms with Crippen molar-refractivity contribution >= 4 is 43.5 Å². The minimum Gasteiger partial charge on any atom is -0.468 e. The van der Waals surface area contributed by atoms with Crippen molar-refractivity contribution in [1.29, 1.82) is 0 Å². The number of fused-ring (bicyclic) bond motifs is 1. The van der Waals surface area contributed by atoms with E-state index in [1.54, 1.807) is 34.9 Å². The number of aryl methyl sites for hydroxylation is 1. The minimum atomic E-state index is -3.68. The van der Waals surface area contributed by atoms with E-state index in [1.807, 2.05) is 25.1 Å². The van der Waals surface area contributed by atoms with Crippen LogP contribution in [0.4, 0.5) is 0 Å². The maximum atomic E-state index is 13.1. The highest BCUT2D eigenvalue weighted by Gasteiger charge is 2.33. The van der Waals surface area contributed by atoms with E-state index in [-0.39, 0.29) is 23.9 Å². The Balaban J connectivity index is 1.65. The summed E-state index contributed by atoms with van der Waals surface area (Å²) in [6.45, 7) is 2.35. The summed E-state index contributed by atoms with van der Waals surface area (Å²) in [6.07, 6.45) is 1.13. The summed E-state index contributed by atoms with van der Waals surface area (Å²) in [7, 11) is -2.37. The van der Waals surface area contributed by atoms with Gasteiger partial charge in [0.2, 0.25) is 10.0 Å². The summed E-state index contributed by atoms with van der Waals surface area (Å²) in [5.74, 6) is -1.37. The number of thiazole rings is 1. The van der Waals surface area contributed by atoms with Crippen molar-refractivity contribution in [3.8, 4) is 0 Å². The first-order chi connectivity index (χ1) is 15.8. The molecule has 3 aromatic rings. The lowest BCUT2D eigenvalue weighted by molar-refractivity contribution is -0.141. The molecule has 2 aromatic carbocycles. The number of hydrogen-bond donors (Lipinski definition) is 0. The van der Waals surface area contributed by atoms with Gasteiger partial charge in [0, 0.05) is 13.1 Å². The Hall–Kier alpha value is -2.82. The molecule has 0 radical (unpaired) electrons. The second-order valence-corrected chi connectivity index (χ2v) is 10.9.